The van der Waals surface area contributed by atoms with Crippen molar-refractivity contribution in [2.45, 2.75) is 46.1 Å². The van der Waals surface area contributed by atoms with E-state index in [0.717, 1.165) is 24.1 Å². The fourth-order valence-electron chi connectivity index (χ4n) is 1.80. The van der Waals surface area contributed by atoms with E-state index in [4.69, 9.17) is 12.2 Å². The third-order valence-electron chi connectivity index (χ3n) is 2.72. The van der Waals surface area contributed by atoms with E-state index < -0.39 is 0 Å². The lowest BCUT2D eigenvalue weighted by Crippen LogP contribution is -2.43. The van der Waals surface area contributed by atoms with Crippen molar-refractivity contribution in [1.29, 1.82) is 0 Å². The molecule has 0 aromatic heterocycles. The van der Waals surface area contributed by atoms with Crippen LogP contribution in [0.5, 0.6) is 0 Å². The van der Waals surface area contributed by atoms with Gasteiger partial charge in [-0.3, -0.25) is 0 Å². The molecule has 14 heavy (non-hydrogen) atoms. The first-order chi connectivity index (χ1) is 6.59. The topological polar surface area (TPSA) is 15.3 Å². The molecule has 2 nitrogen and oxygen atoms in total. The van der Waals surface area contributed by atoms with Crippen LogP contribution in [-0.2, 0) is 0 Å². The van der Waals surface area contributed by atoms with Crippen molar-refractivity contribution in [3.05, 3.63) is 0 Å². The van der Waals surface area contributed by atoms with E-state index in [1.165, 1.54) is 19.3 Å². The Labute approximate surface area is 93.1 Å². The molecule has 1 unspecified atom stereocenters. The molecule has 3 heteroatoms. The molecular weight excluding hydrogens is 192 g/mol. The number of likely N-dealkylation sites (tertiary alicyclic amines) is 1. The zero-order valence-electron chi connectivity index (χ0n) is 9.55. The van der Waals surface area contributed by atoms with Crippen LogP contribution in [0.3, 0.4) is 0 Å². The zero-order valence-corrected chi connectivity index (χ0v) is 10.4. The lowest BCUT2D eigenvalue weighted by atomic mass is 10.0. The van der Waals surface area contributed by atoms with Crippen LogP contribution in [-0.4, -0.2) is 29.1 Å². The second-order valence-electron chi connectivity index (χ2n) is 4.63. The van der Waals surface area contributed by atoms with E-state index in [2.05, 4.69) is 31.0 Å². The Morgan fingerprint density at radius 2 is 2.07 bits per heavy atom. The van der Waals surface area contributed by atoms with Gasteiger partial charge in [0, 0.05) is 19.1 Å². The van der Waals surface area contributed by atoms with Crippen LogP contribution >= 0.6 is 12.2 Å². The Hall–Kier alpha value is -0.310. The second kappa shape index (κ2) is 5.54. The van der Waals surface area contributed by atoms with Gasteiger partial charge in [0.15, 0.2) is 5.11 Å². The second-order valence-corrected chi connectivity index (χ2v) is 5.01. The molecule has 0 spiro atoms. The normalized spacial score (nSPS) is 23.4. The number of nitrogens with zero attached hydrogens (tertiary/aromatic N) is 1. The fraction of sp³-hybridized carbons (Fsp3) is 0.909. The Bertz CT molecular complexity index is 192. The molecule has 0 aliphatic carbocycles. The van der Waals surface area contributed by atoms with Crippen molar-refractivity contribution in [2.24, 2.45) is 5.92 Å². The number of rotatable bonds is 1. The molecule has 0 bridgehead atoms. The third-order valence-corrected chi connectivity index (χ3v) is 3.09. The Kier molecular flexibility index (Phi) is 4.66. The van der Waals surface area contributed by atoms with E-state index in [0.29, 0.717) is 6.04 Å². The molecule has 0 saturated carbocycles. The molecule has 0 aromatic rings. The van der Waals surface area contributed by atoms with Crippen LogP contribution in [0.15, 0.2) is 0 Å². The van der Waals surface area contributed by atoms with Crippen LogP contribution in [0, 0.1) is 5.92 Å². The number of thiocarbonyl (C=S) groups is 1. The minimum absolute atomic E-state index is 0.447. The van der Waals surface area contributed by atoms with Gasteiger partial charge in [0.25, 0.3) is 0 Å². The lowest BCUT2D eigenvalue weighted by molar-refractivity contribution is 0.414. The van der Waals surface area contributed by atoms with Gasteiger partial charge in [0.1, 0.15) is 0 Å². The van der Waals surface area contributed by atoms with E-state index in [1.54, 1.807) is 0 Å². The molecule has 1 fully saturated rings. The summed E-state index contributed by atoms with van der Waals surface area (Å²) in [6.07, 6.45) is 3.90. The van der Waals surface area contributed by atoms with Gasteiger partial charge in [-0.2, -0.15) is 0 Å². The van der Waals surface area contributed by atoms with Gasteiger partial charge in [-0.1, -0.05) is 6.92 Å². The van der Waals surface area contributed by atoms with Crippen molar-refractivity contribution >= 4 is 17.3 Å². The summed E-state index contributed by atoms with van der Waals surface area (Å²) in [5.74, 6) is 0.863. The highest BCUT2D eigenvalue weighted by atomic mass is 32.1. The first-order valence-electron chi connectivity index (χ1n) is 5.65. The maximum absolute atomic E-state index is 5.36. The molecule has 0 amide bonds. The van der Waals surface area contributed by atoms with Crippen LogP contribution in [0.1, 0.15) is 40.0 Å². The molecule has 1 heterocycles. The van der Waals surface area contributed by atoms with Crippen LogP contribution in [0.4, 0.5) is 0 Å². The molecule has 1 atom stereocenters. The van der Waals surface area contributed by atoms with Crippen molar-refractivity contribution in [2.75, 3.05) is 13.1 Å². The smallest absolute Gasteiger partial charge is 0.169 e. The molecule has 0 radical (unpaired) electrons. The van der Waals surface area contributed by atoms with Crippen molar-refractivity contribution in [3.8, 4) is 0 Å². The maximum atomic E-state index is 5.36. The highest BCUT2D eigenvalue weighted by Crippen LogP contribution is 2.16. The highest BCUT2D eigenvalue weighted by Gasteiger charge is 2.15. The Morgan fingerprint density at radius 1 is 1.36 bits per heavy atom. The fourth-order valence-corrected chi connectivity index (χ4v) is 2.22. The maximum Gasteiger partial charge on any atom is 0.169 e. The summed E-state index contributed by atoms with van der Waals surface area (Å²) in [7, 11) is 0. The van der Waals surface area contributed by atoms with Crippen molar-refractivity contribution < 1.29 is 0 Å². The lowest BCUT2D eigenvalue weighted by Gasteiger charge is -2.25. The molecule has 1 aliphatic heterocycles. The summed E-state index contributed by atoms with van der Waals surface area (Å²) in [5, 5.41) is 4.25. The first kappa shape index (κ1) is 11.8. The van der Waals surface area contributed by atoms with Gasteiger partial charge in [-0.25, -0.2) is 0 Å². The predicted octanol–water partition coefficient (Wildman–Crippen LogP) is 2.39. The molecule has 82 valence electrons. The minimum Gasteiger partial charge on any atom is -0.360 e. The van der Waals surface area contributed by atoms with Crippen molar-refractivity contribution in [3.63, 3.8) is 0 Å². The minimum atomic E-state index is 0.447. The average Bonchev–Trinajstić information content (AvgIpc) is 2.28. The summed E-state index contributed by atoms with van der Waals surface area (Å²) < 4.78 is 0. The Morgan fingerprint density at radius 3 is 2.71 bits per heavy atom. The summed E-state index contributed by atoms with van der Waals surface area (Å²) in [6.45, 7) is 8.85. The van der Waals surface area contributed by atoms with E-state index >= 15 is 0 Å². The SMILES string of the molecule is CC1CCCN(C(=S)NC(C)C)CC1. The molecule has 1 aliphatic rings. The average molecular weight is 214 g/mol. The number of nitrogens with one attached hydrogen (secondary N) is 1. The van der Waals surface area contributed by atoms with Crippen LogP contribution < -0.4 is 5.32 Å². The van der Waals surface area contributed by atoms with E-state index in [-0.39, 0.29) is 0 Å². The number of hydrogen-bond acceptors (Lipinski definition) is 1. The van der Waals surface area contributed by atoms with Gasteiger partial charge >= 0.3 is 0 Å². The van der Waals surface area contributed by atoms with Gasteiger partial charge < -0.3 is 10.2 Å². The van der Waals surface area contributed by atoms with Gasteiger partial charge in [-0.05, 0) is 51.2 Å². The summed E-state index contributed by atoms with van der Waals surface area (Å²) in [5.41, 5.74) is 0. The predicted molar refractivity (Wildman–Crippen MR) is 65.5 cm³/mol. The monoisotopic (exact) mass is 214 g/mol. The van der Waals surface area contributed by atoms with Crippen LogP contribution in [0.25, 0.3) is 0 Å². The van der Waals surface area contributed by atoms with E-state index in [9.17, 15) is 0 Å². The third kappa shape index (κ3) is 3.82. The summed E-state index contributed by atoms with van der Waals surface area (Å²) >= 11 is 5.36. The zero-order chi connectivity index (χ0) is 10.6. The molecule has 1 rings (SSSR count). The van der Waals surface area contributed by atoms with Gasteiger partial charge in [0.05, 0.1) is 0 Å². The highest BCUT2D eigenvalue weighted by molar-refractivity contribution is 7.80. The van der Waals surface area contributed by atoms with E-state index in [1.807, 2.05) is 0 Å². The molecule has 1 N–H and O–H groups in total. The standard InChI is InChI=1S/C11H22N2S/c1-9(2)12-11(14)13-7-4-5-10(3)6-8-13/h9-10H,4-8H2,1-3H3,(H,12,14). The van der Waals surface area contributed by atoms with Gasteiger partial charge in [-0.15, -0.1) is 0 Å². The Balaban J connectivity index is 2.39. The van der Waals surface area contributed by atoms with Crippen LogP contribution in [0.2, 0.25) is 0 Å². The number of hydrogen-bond donors (Lipinski definition) is 1. The molecule has 0 aromatic carbocycles. The van der Waals surface area contributed by atoms with Crippen molar-refractivity contribution in [1.82, 2.24) is 10.2 Å². The summed E-state index contributed by atoms with van der Waals surface area (Å²) in [4.78, 5) is 2.32. The first-order valence-corrected chi connectivity index (χ1v) is 6.06. The molecule has 1 saturated heterocycles. The molecular formula is C11H22N2S. The van der Waals surface area contributed by atoms with Gasteiger partial charge in [0.2, 0.25) is 0 Å². The summed E-state index contributed by atoms with van der Waals surface area (Å²) in [6, 6.07) is 0.447. The quantitative estimate of drug-likeness (QED) is 0.675. The largest absolute Gasteiger partial charge is 0.360 e.